The Morgan fingerprint density at radius 2 is 2.24 bits per heavy atom. The smallest absolute Gasteiger partial charge is 0.206 e. The van der Waals surface area contributed by atoms with Crippen LogP contribution in [0.2, 0.25) is 0 Å². The van der Waals surface area contributed by atoms with Crippen LogP contribution in [0.3, 0.4) is 0 Å². The maximum absolute atomic E-state index is 5.92. The molecule has 17 heavy (non-hydrogen) atoms. The largest absolute Gasteiger partial charge is 0.369 e. The zero-order valence-electron chi connectivity index (χ0n) is 9.51. The Kier molecular flexibility index (Phi) is 1.92. The van der Waals surface area contributed by atoms with E-state index in [9.17, 15) is 0 Å². The number of hydrogen-bond acceptors (Lipinski definition) is 3. The summed E-state index contributed by atoms with van der Waals surface area (Å²) in [6, 6.07) is 5.98. The number of aromatic nitrogens is 3. The van der Waals surface area contributed by atoms with E-state index in [1.807, 2.05) is 31.3 Å². The Balaban J connectivity index is 2.58. The van der Waals surface area contributed by atoms with Gasteiger partial charge in [0.05, 0.1) is 5.52 Å². The van der Waals surface area contributed by atoms with Crippen molar-refractivity contribution in [2.24, 2.45) is 0 Å². The Labute approximate surface area is 98.4 Å². The predicted molar refractivity (Wildman–Crippen MR) is 69.6 cm³/mol. The number of fused-ring (bicyclic) bond motifs is 3. The molecular formula is C13H12N4. The molecule has 2 heterocycles. The van der Waals surface area contributed by atoms with Gasteiger partial charge in [-0.1, -0.05) is 18.7 Å². The number of nitrogens with zero attached hydrogens (tertiary/aromatic N) is 3. The van der Waals surface area contributed by atoms with Crippen molar-refractivity contribution in [3.05, 3.63) is 42.7 Å². The van der Waals surface area contributed by atoms with Crippen molar-refractivity contribution in [2.75, 3.05) is 5.73 Å². The van der Waals surface area contributed by atoms with Gasteiger partial charge < -0.3 is 5.73 Å². The topological polar surface area (TPSA) is 56.2 Å². The number of hydrogen-bond donors (Lipinski definition) is 1. The van der Waals surface area contributed by atoms with Crippen LogP contribution in [0.15, 0.2) is 37.2 Å². The summed E-state index contributed by atoms with van der Waals surface area (Å²) in [5, 5.41) is 0.990. The summed E-state index contributed by atoms with van der Waals surface area (Å²) in [5.74, 6) is 0.443. The molecule has 0 aliphatic carbocycles. The molecule has 0 atom stereocenters. The summed E-state index contributed by atoms with van der Waals surface area (Å²) < 4.78 is 1.78. The third-order valence-corrected chi connectivity index (χ3v) is 2.85. The van der Waals surface area contributed by atoms with Gasteiger partial charge in [-0.25, -0.2) is 9.97 Å². The molecule has 0 saturated heterocycles. The third kappa shape index (κ3) is 1.30. The van der Waals surface area contributed by atoms with Crippen LogP contribution in [0.5, 0.6) is 0 Å². The number of benzene rings is 1. The number of nitrogen functional groups attached to an aromatic ring is 1. The molecule has 84 valence electrons. The van der Waals surface area contributed by atoms with Gasteiger partial charge >= 0.3 is 0 Å². The van der Waals surface area contributed by atoms with E-state index >= 15 is 0 Å². The van der Waals surface area contributed by atoms with Crippen LogP contribution < -0.4 is 5.73 Å². The maximum atomic E-state index is 5.92. The van der Waals surface area contributed by atoms with E-state index in [2.05, 4.69) is 16.5 Å². The van der Waals surface area contributed by atoms with Crippen molar-refractivity contribution < 1.29 is 0 Å². The SMILES string of the molecule is C=C(C)c1cccc2c1nc(N)n1ccnc21. The second-order valence-electron chi connectivity index (χ2n) is 4.07. The first-order chi connectivity index (χ1) is 8.18. The summed E-state index contributed by atoms with van der Waals surface area (Å²) in [7, 11) is 0. The zero-order chi connectivity index (χ0) is 12.0. The molecule has 2 N–H and O–H groups in total. The molecule has 1 aromatic carbocycles. The highest BCUT2D eigenvalue weighted by Crippen LogP contribution is 2.26. The Bertz CT molecular complexity index is 740. The molecule has 4 heteroatoms. The van der Waals surface area contributed by atoms with Crippen LogP contribution in [-0.4, -0.2) is 14.4 Å². The van der Waals surface area contributed by atoms with Gasteiger partial charge in [-0.05, 0) is 18.6 Å². The van der Waals surface area contributed by atoms with Gasteiger partial charge in [0.1, 0.15) is 5.65 Å². The van der Waals surface area contributed by atoms with E-state index in [0.29, 0.717) is 5.95 Å². The number of imidazole rings is 1. The first-order valence-corrected chi connectivity index (χ1v) is 5.35. The lowest BCUT2D eigenvalue weighted by molar-refractivity contribution is 1.14. The second-order valence-corrected chi connectivity index (χ2v) is 4.07. The van der Waals surface area contributed by atoms with Crippen molar-refractivity contribution >= 4 is 28.1 Å². The average Bonchev–Trinajstić information content (AvgIpc) is 2.78. The predicted octanol–water partition coefficient (Wildman–Crippen LogP) is 2.50. The monoisotopic (exact) mass is 224 g/mol. The molecule has 0 spiro atoms. The lowest BCUT2D eigenvalue weighted by Gasteiger charge is -2.08. The quantitative estimate of drug-likeness (QED) is 0.691. The van der Waals surface area contributed by atoms with Gasteiger partial charge in [0.15, 0.2) is 0 Å². The van der Waals surface area contributed by atoms with Crippen molar-refractivity contribution in [1.82, 2.24) is 14.4 Å². The first kappa shape index (κ1) is 9.84. The molecule has 0 aliphatic rings. The summed E-state index contributed by atoms with van der Waals surface area (Å²) in [6.07, 6.45) is 3.53. The standard InChI is InChI=1S/C13H12N4/c1-8(2)9-4-3-5-10-11(9)16-13(14)17-7-6-15-12(10)17/h3-7H,1H2,2H3,(H2,14,16). The Morgan fingerprint density at radius 3 is 3.00 bits per heavy atom. The number of rotatable bonds is 1. The molecule has 0 saturated carbocycles. The van der Waals surface area contributed by atoms with Crippen molar-refractivity contribution in [2.45, 2.75) is 6.92 Å². The van der Waals surface area contributed by atoms with Crippen LogP contribution in [-0.2, 0) is 0 Å². The van der Waals surface area contributed by atoms with E-state index in [1.165, 1.54) is 0 Å². The van der Waals surface area contributed by atoms with Gasteiger partial charge in [-0.15, -0.1) is 0 Å². The highest BCUT2D eigenvalue weighted by atomic mass is 15.1. The zero-order valence-corrected chi connectivity index (χ0v) is 9.51. The lowest BCUT2D eigenvalue weighted by atomic mass is 10.1. The third-order valence-electron chi connectivity index (χ3n) is 2.85. The van der Waals surface area contributed by atoms with Crippen LogP contribution in [0.4, 0.5) is 5.95 Å². The fourth-order valence-electron chi connectivity index (χ4n) is 2.04. The molecule has 4 nitrogen and oxygen atoms in total. The highest BCUT2D eigenvalue weighted by Gasteiger charge is 2.09. The highest BCUT2D eigenvalue weighted by molar-refractivity contribution is 5.98. The Morgan fingerprint density at radius 1 is 1.41 bits per heavy atom. The molecule has 0 radical (unpaired) electrons. The lowest BCUT2D eigenvalue weighted by Crippen LogP contribution is -2.01. The molecule has 0 unspecified atom stereocenters. The molecule has 0 amide bonds. The van der Waals surface area contributed by atoms with Crippen molar-refractivity contribution in [3.63, 3.8) is 0 Å². The summed E-state index contributed by atoms with van der Waals surface area (Å²) in [6.45, 7) is 5.93. The van der Waals surface area contributed by atoms with E-state index in [-0.39, 0.29) is 0 Å². The summed E-state index contributed by atoms with van der Waals surface area (Å²) >= 11 is 0. The summed E-state index contributed by atoms with van der Waals surface area (Å²) in [5.41, 5.74) is 9.59. The second kappa shape index (κ2) is 3.31. The van der Waals surface area contributed by atoms with Crippen LogP contribution in [0.25, 0.3) is 22.1 Å². The van der Waals surface area contributed by atoms with Crippen LogP contribution in [0, 0.1) is 0 Å². The van der Waals surface area contributed by atoms with E-state index in [1.54, 1.807) is 10.6 Å². The molecule has 3 aromatic rings. The van der Waals surface area contributed by atoms with Gasteiger partial charge in [0.25, 0.3) is 0 Å². The van der Waals surface area contributed by atoms with E-state index in [4.69, 9.17) is 5.73 Å². The fraction of sp³-hybridized carbons (Fsp3) is 0.0769. The van der Waals surface area contributed by atoms with Gasteiger partial charge in [0, 0.05) is 23.3 Å². The minimum Gasteiger partial charge on any atom is -0.369 e. The normalized spacial score (nSPS) is 11.1. The van der Waals surface area contributed by atoms with Crippen LogP contribution in [0.1, 0.15) is 12.5 Å². The fourth-order valence-corrected chi connectivity index (χ4v) is 2.04. The molecule has 3 rings (SSSR count). The molecule has 0 bridgehead atoms. The Hall–Kier alpha value is -2.36. The maximum Gasteiger partial charge on any atom is 0.206 e. The van der Waals surface area contributed by atoms with E-state index < -0.39 is 0 Å². The number of allylic oxidation sites excluding steroid dienone is 1. The molecule has 0 fully saturated rings. The van der Waals surface area contributed by atoms with Crippen molar-refractivity contribution in [1.29, 1.82) is 0 Å². The average molecular weight is 224 g/mol. The summed E-state index contributed by atoms with van der Waals surface area (Å²) in [4.78, 5) is 8.76. The molecule has 2 aromatic heterocycles. The first-order valence-electron chi connectivity index (χ1n) is 5.35. The van der Waals surface area contributed by atoms with Gasteiger partial charge in [-0.2, -0.15) is 0 Å². The van der Waals surface area contributed by atoms with Crippen LogP contribution >= 0.6 is 0 Å². The minimum absolute atomic E-state index is 0.443. The number of para-hydroxylation sites is 1. The van der Waals surface area contributed by atoms with Gasteiger partial charge in [-0.3, -0.25) is 4.40 Å². The van der Waals surface area contributed by atoms with Crippen molar-refractivity contribution in [3.8, 4) is 0 Å². The van der Waals surface area contributed by atoms with Gasteiger partial charge in [0.2, 0.25) is 5.95 Å². The number of anilines is 1. The molecular weight excluding hydrogens is 212 g/mol. The minimum atomic E-state index is 0.443. The molecule has 0 aliphatic heterocycles. The van der Waals surface area contributed by atoms with E-state index in [0.717, 1.165) is 27.7 Å². The number of nitrogens with two attached hydrogens (primary N) is 1.